The SMILES string of the molecule is [C-]#[N+]/C(=C\c1ccc(-c2ccc(/C=C/c3ccc(N(c4ccc(OC)cc4)c4ccc(OC)cc4)cc3)n2CCCCCC)cc1)C(=O)O. The van der Waals surface area contributed by atoms with Gasteiger partial charge in [-0.2, -0.15) is 0 Å². The average molecular weight is 652 g/mol. The lowest BCUT2D eigenvalue weighted by molar-refractivity contribution is -0.132. The van der Waals surface area contributed by atoms with Crippen LogP contribution < -0.4 is 14.4 Å². The van der Waals surface area contributed by atoms with Gasteiger partial charge in [0, 0.05) is 35.0 Å². The number of carboxylic acids is 1. The van der Waals surface area contributed by atoms with Crippen molar-refractivity contribution < 1.29 is 19.4 Å². The van der Waals surface area contributed by atoms with Gasteiger partial charge < -0.3 is 24.0 Å². The van der Waals surface area contributed by atoms with E-state index in [0.29, 0.717) is 5.56 Å². The van der Waals surface area contributed by atoms with Crippen LogP contribution in [0.4, 0.5) is 17.1 Å². The highest BCUT2D eigenvalue weighted by Gasteiger charge is 2.14. The molecule has 0 amide bonds. The Labute approximate surface area is 288 Å². The number of carbonyl (C=O) groups is 1. The van der Waals surface area contributed by atoms with Crippen LogP contribution >= 0.6 is 0 Å². The highest BCUT2D eigenvalue weighted by molar-refractivity contribution is 5.94. The van der Waals surface area contributed by atoms with Crippen molar-refractivity contribution in [3.63, 3.8) is 0 Å². The third kappa shape index (κ3) is 8.68. The second-order valence-corrected chi connectivity index (χ2v) is 11.6. The molecule has 0 saturated heterocycles. The summed E-state index contributed by atoms with van der Waals surface area (Å²) in [5.74, 6) is 0.382. The fourth-order valence-electron chi connectivity index (χ4n) is 5.70. The largest absolute Gasteiger partial charge is 0.497 e. The Morgan fingerprint density at radius 2 is 1.29 bits per heavy atom. The Hall–Kier alpha value is -6.00. The lowest BCUT2D eigenvalue weighted by Gasteiger charge is -2.26. The molecule has 0 unspecified atom stereocenters. The number of hydrogen-bond acceptors (Lipinski definition) is 4. The van der Waals surface area contributed by atoms with Gasteiger partial charge >= 0.3 is 5.97 Å². The van der Waals surface area contributed by atoms with Crippen molar-refractivity contribution in [2.75, 3.05) is 19.1 Å². The van der Waals surface area contributed by atoms with E-state index in [0.717, 1.165) is 70.5 Å². The molecule has 248 valence electrons. The summed E-state index contributed by atoms with van der Waals surface area (Å²) in [6.07, 6.45) is 10.3. The molecule has 49 heavy (non-hydrogen) atoms. The molecule has 5 rings (SSSR count). The summed E-state index contributed by atoms with van der Waals surface area (Å²) in [6, 6.07) is 36.5. The molecule has 0 saturated carbocycles. The van der Waals surface area contributed by atoms with Crippen LogP contribution in [0.1, 0.15) is 49.4 Å². The Kier molecular flexibility index (Phi) is 11.7. The molecule has 7 heteroatoms. The molecule has 0 radical (unpaired) electrons. The van der Waals surface area contributed by atoms with Crippen LogP contribution in [0.15, 0.2) is 115 Å². The van der Waals surface area contributed by atoms with Gasteiger partial charge in [0.15, 0.2) is 0 Å². The summed E-state index contributed by atoms with van der Waals surface area (Å²) in [7, 11) is 3.34. The van der Waals surface area contributed by atoms with Crippen molar-refractivity contribution in [1.29, 1.82) is 0 Å². The number of aromatic nitrogens is 1. The minimum Gasteiger partial charge on any atom is -0.497 e. The standard InChI is InChI=1S/C42H41N3O4/c1-5-6-7-8-29-44-34(23-28-41(44)33-14-9-32(10-15-33)30-40(43-2)42(46)47)16-11-31-12-17-35(18-13-31)45(36-19-24-38(48-3)25-20-36)37-21-26-39(49-4)27-22-37/h9-28,30H,5-8,29H2,1,3-4H3,(H,46,47)/b16-11+,40-30-. The molecule has 1 heterocycles. The van der Waals surface area contributed by atoms with E-state index < -0.39 is 5.97 Å². The maximum absolute atomic E-state index is 11.3. The number of carboxylic acid groups (broad SMARTS) is 1. The number of nitrogens with zero attached hydrogens (tertiary/aromatic N) is 3. The number of aliphatic carboxylic acids is 1. The van der Waals surface area contributed by atoms with E-state index in [9.17, 15) is 9.90 Å². The minimum atomic E-state index is -1.22. The quantitative estimate of drug-likeness (QED) is 0.0693. The first-order valence-electron chi connectivity index (χ1n) is 16.4. The van der Waals surface area contributed by atoms with E-state index in [2.05, 4.69) is 69.8 Å². The van der Waals surface area contributed by atoms with Crippen molar-refractivity contribution in [3.05, 3.63) is 143 Å². The smallest absolute Gasteiger partial charge is 0.333 e. The van der Waals surface area contributed by atoms with Crippen molar-refractivity contribution in [3.8, 4) is 22.8 Å². The third-order valence-electron chi connectivity index (χ3n) is 8.36. The van der Waals surface area contributed by atoms with Crippen molar-refractivity contribution in [2.45, 2.75) is 39.2 Å². The predicted octanol–water partition coefficient (Wildman–Crippen LogP) is 10.7. The number of hydrogen-bond donors (Lipinski definition) is 1. The maximum atomic E-state index is 11.3. The van der Waals surface area contributed by atoms with Gasteiger partial charge in [0.05, 0.1) is 20.8 Å². The molecule has 0 spiro atoms. The Balaban J connectivity index is 1.41. The van der Waals surface area contributed by atoms with E-state index in [-0.39, 0.29) is 5.70 Å². The number of unbranched alkanes of at least 4 members (excludes halogenated alkanes) is 3. The van der Waals surface area contributed by atoms with Crippen LogP contribution in [0.2, 0.25) is 0 Å². The number of rotatable bonds is 15. The molecule has 0 atom stereocenters. The van der Waals surface area contributed by atoms with E-state index >= 15 is 0 Å². The summed E-state index contributed by atoms with van der Waals surface area (Å²) in [5.41, 5.74) is 7.76. The van der Waals surface area contributed by atoms with Gasteiger partial charge in [0.25, 0.3) is 5.70 Å². The molecule has 1 N–H and O–H groups in total. The molecule has 1 aromatic heterocycles. The lowest BCUT2D eigenvalue weighted by atomic mass is 10.1. The predicted molar refractivity (Wildman–Crippen MR) is 199 cm³/mol. The fraction of sp³-hybridized carbons (Fsp3) is 0.190. The zero-order chi connectivity index (χ0) is 34.6. The van der Waals surface area contributed by atoms with E-state index in [1.165, 1.54) is 18.9 Å². The van der Waals surface area contributed by atoms with Crippen molar-refractivity contribution >= 4 is 41.3 Å². The van der Waals surface area contributed by atoms with Gasteiger partial charge in [-0.3, -0.25) is 4.79 Å². The van der Waals surface area contributed by atoms with Crippen LogP contribution in [0.3, 0.4) is 0 Å². The molecule has 0 bridgehead atoms. The molecule has 0 aliphatic carbocycles. The lowest BCUT2D eigenvalue weighted by Crippen LogP contribution is -2.09. The second kappa shape index (κ2) is 16.7. The molecule has 0 aliphatic heterocycles. The third-order valence-corrected chi connectivity index (χ3v) is 8.36. The molecule has 7 nitrogen and oxygen atoms in total. The van der Waals surface area contributed by atoms with Gasteiger partial charge in [-0.1, -0.05) is 68.7 Å². The zero-order valence-corrected chi connectivity index (χ0v) is 28.2. The van der Waals surface area contributed by atoms with Crippen LogP contribution in [-0.2, 0) is 11.3 Å². The minimum absolute atomic E-state index is 0.304. The Morgan fingerprint density at radius 1 is 0.735 bits per heavy atom. The number of anilines is 3. The van der Waals surface area contributed by atoms with E-state index in [1.807, 2.05) is 72.8 Å². The molecule has 5 aromatic rings. The summed E-state index contributed by atoms with van der Waals surface area (Å²) >= 11 is 0. The highest BCUT2D eigenvalue weighted by atomic mass is 16.5. The topological polar surface area (TPSA) is 68.3 Å². The number of methoxy groups -OCH3 is 2. The van der Waals surface area contributed by atoms with Gasteiger partial charge in [-0.15, -0.1) is 0 Å². The van der Waals surface area contributed by atoms with Crippen LogP contribution in [0.5, 0.6) is 11.5 Å². The summed E-state index contributed by atoms with van der Waals surface area (Å²) < 4.78 is 13.1. The first kappa shape index (κ1) is 34.3. The van der Waals surface area contributed by atoms with Gasteiger partial charge in [0.2, 0.25) is 0 Å². The van der Waals surface area contributed by atoms with Crippen molar-refractivity contribution in [2.24, 2.45) is 0 Å². The van der Waals surface area contributed by atoms with Crippen molar-refractivity contribution in [1.82, 2.24) is 4.57 Å². The fourth-order valence-corrected chi connectivity index (χ4v) is 5.70. The highest BCUT2D eigenvalue weighted by Crippen LogP contribution is 2.36. The molecule has 4 aromatic carbocycles. The monoisotopic (exact) mass is 651 g/mol. The number of ether oxygens (including phenoxy) is 2. The van der Waals surface area contributed by atoms with E-state index in [4.69, 9.17) is 16.0 Å². The van der Waals surface area contributed by atoms with Crippen LogP contribution in [0.25, 0.3) is 34.3 Å². The Bertz CT molecular complexity index is 1880. The molecule has 0 aliphatic rings. The summed E-state index contributed by atoms with van der Waals surface area (Å²) in [5, 5.41) is 9.22. The van der Waals surface area contributed by atoms with Gasteiger partial charge in [-0.05, 0) is 108 Å². The first-order chi connectivity index (χ1) is 23.9. The summed E-state index contributed by atoms with van der Waals surface area (Å²) in [4.78, 5) is 16.6. The van der Waals surface area contributed by atoms with Crippen LogP contribution in [0, 0.1) is 6.57 Å². The second-order valence-electron chi connectivity index (χ2n) is 11.6. The van der Waals surface area contributed by atoms with Gasteiger partial charge in [-0.25, -0.2) is 4.85 Å². The number of benzene rings is 4. The first-order valence-corrected chi connectivity index (χ1v) is 16.4. The van der Waals surface area contributed by atoms with Gasteiger partial charge in [0.1, 0.15) is 11.5 Å². The maximum Gasteiger partial charge on any atom is 0.333 e. The normalized spacial score (nSPS) is 11.3. The van der Waals surface area contributed by atoms with Crippen LogP contribution in [-0.4, -0.2) is 29.9 Å². The summed E-state index contributed by atoms with van der Waals surface area (Å²) in [6.45, 7) is 10.2. The molecular weight excluding hydrogens is 610 g/mol. The Morgan fingerprint density at radius 3 is 1.80 bits per heavy atom. The zero-order valence-electron chi connectivity index (χ0n) is 28.2. The molecule has 0 fully saturated rings. The van der Waals surface area contributed by atoms with E-state index in [1.54, 1.807) is 14.2 Å². The average Bonchev–Trinajstić information content (AvgIpc) is 3.55. The molecular formula is C42H41N3O4.